The van der Waals surface area contributed by atoms with E-state index in [1.807, 2.05) is 0 Å². The second kappa shape index (κ2) is 10.1. The predicted molar refractivity (Wildman–Crippen MR) is 128 cm³/mol. The van der Waals surface area contributed by atoms with E-state index in [0.717, 1.165) is 26.1 Å². The molecule has 4 rings (SSSR count). The Morgan fingerprint density at radius 3 is 2.41 bits per heavy atom. The maximum atomic E-state index is 12.7. The van der Waals surface area contributed by atoms with Gasteiger partial charge in [-0.2, -0.15) is 0 Å². The molecule has 1 fully saturated rings. The molecule has 1 atom stereocenters. The molecule has 7 nitrogen and oxygen atoms in total. The number of aryl methyl sites for hydroxylation is 1. The number of carbonyl (C=O) groups is 1. The summed E-state index contributed by atoms with van der Waals surface area (Å²) >= 11 is 0. The van der Waals surface area contributed by atoms with Crippen molar-refractivity contribution in [1.82, 2.24) is 10.2 Å². The zero-order chi connectivity index (χ0) is 22.5. The molecule has 2 aliphatic rings. The molecule has 2 aliphatic heterocycles. The Bertz CT molecular complexity index is 921. The molecule has 2 amide bonds. The van der Waals surface area contributed by atoms with E-state index in [1.165, 1.54) is 36.1 Å². The largest absolute Gasteiger partial charge is 0.497 e. The quantitative estimate of drug-likeness (QED) is 0.683. The van der Waals surface area contributed by atoms with Crippen LogP contribution in [0.25, 0.3) is 0 Å². The minimum Gasteiger partial charge on any atom is -0.497 e. The molecule has 0 bridgehead atoms. The van der Waals surface area contributed by atoms with Crippen molar-refractivity contribution < 1.29 is 14.3 Å². The third-order valence-electron chi connectivity index (χ3n) is 6.49. The second-order valence-corrected chi connectivity index (χ2v) is 8.61. The Balaban J connectivity index is 1.46. The number of methoxy groups -OCH3 is 2. The fraction of sp³-hybridized carbons (Fsp3) is 0.480. The Morgan fingerprint density at radius 2 is 1.72 bits per heavy atom. The third-order valence-corrected chi connectivity index (χ3v) is 6.49. The molecule has 0 radical (unpaired) electrons. The number of hydrogen-bond donors (Lipinski definition) is 2. The molecule has 2 aromatic rings. The summed E-state index contributed by atoms with van der Waals surface area (Å²) in [6.07, 6.45) is 4.72. The van der Waals surface area contributed by atoms with Crippen LogP contribution < -0.4 is 25.0 Å². The van der Waals surface area contributed by atoms with E-state index in [9.17, 15) is 4.79 Å². The molecule has 172 valence electrons. The highest BCUT2D eigenvalue weighted by molar-refractivity contribution is 5.89. The molecular weight excluding hydrogens is 404 g/mol. The van der Waals surface area contributed by atoms with Crippen LogP contribution in [0.15, 0.2) is 36.4 Å². The SMILES string of the molecule is COc1cc(NC(=O)NC[C@@H](c2ccc3c(c2)CCCN3C)N2CCCC2)cc(OC)c1. The molecule has 7 heteroatoms. The van der Waals surface area contributed by atoms with Crippen LogP contribution >= 0.6 is 0 Å². The fourth-order valence-electron chi connectivity index (χ4n) is 4.77. The van der Waals surface area contributed by atoms with Gasteiger partial charge in [-0.15, -0.1) is 0 Å². The van der Waals surface area contributed by atoms with Crippen molar-refractivity contribution in [2.75, 3.05) is 57.7 Å². The first-order valence-corrected chi connectivity index (χ1v) is 11.4. The number of fused-ring (bicyclic) bond motifs is 1. The smallest absolute Gasteiger partial charge is 0.319 e. The minimum atomic E-state index is -0.234. The number of hydrogen-bond acceptors (Lipinski definition) is 5. The normalized spacial score (nSPS) is 16.9. The van der Waals surface area contributed by atoms with Gasteiger partial charge in [0.25, 0.3) is 0 Å². The van der Waals surface area contributed by atoms with E-state index in [2.05, 4.69) is 45.7 Å². The first kappa shape index (κ1) is 22.3. The average Bonchev–Trinajstić information content (AvgIpc) is 3.33. The lowest BCUT2D eigenvalue weighted by molar-refractivity contribution is 0.227. The van der Waals surface area contributed by atoms with Crippen molar-refractivity contribution in [1.29, 1.82) is 0 Å². The number of rotatable bonds is 7. The Kier molecular flexibility index (Phi) is 7.05. The van der Waals surface area contributed by atoms with Gasteiger partial charge in [0.1, 0.15) is 11.5 Å². The zero-order valence-corrected chi connectivity index (χ0v) is 19.3. The summed E-state index contributed by atoms with van der Waals surface area (Å²) in [6.45, 7) is 3.80. The summed E-state index contributed by atoms with van der Waals surface area (Å²) in [5.41, 5.74) is 4.66. The number of urea groups is 1. The van der Waals surface area contributed by atoms with Crippen molar-refractivity contribution in [2.24, 2.45) is 0 Å². The molecule has 2 heterocycles. The zero-order valence-electron chi connectivity index (χ0n) is 19.3. The summed E-state index contributed by atoms with van der Waals surface area (Å²) in [5.74, 6) is 1.27. The van der Waals surface area contributed by atoms with Gasteiger partial charge in [0.15, 0.2) is 0 Å². The van der Waals surface area contributed by atoms with E-state index >= 15 is 0 Å². The van der Waals surface area contributed by atoms with Gasteiger partial charge in [0, 0.05) is 49.7 Å². The number of ether oxygens (including phenoxy) is 2. The lowest BCUT2D eigenvalue weighted by atomic mass is 9.96. The molecule has 0 aromatic heterocycles. The first-order chi connectivity index (χ1) is 15.6. The van der Waals surface area contributed by atoms with Gasteiger partial charge < -0.3 is 25.0 Å². The van der Waals surface area contributed by atoms with E-state index in [-0.39, 0.29) is 12.1 Å². The third kappa shape index (κ3) is 5.10. The highest BCUT2D eigenvalue weighted by Gasteiger charge is 2.25. The predicted octanol–water partition coefficient (Wildman–Crippen LogP) is 4.04. The standard InChI is InChI=1S/C25H34N4O3/c1-28-10-6-7-18-13-19(8-9-23(18)28)24(29-11-4-5-12-29)17-26-25(30)27-20-14-21(31-2)16-22(15-20)32-3/h8-9,13-16,24H,4-7,10-12,17H2,1-3H3,(H2,26,27,30)/t24-/m0/s1. The van der Waals surface area contributed by atoms with Gasteiger partial charge in [0.2, 0.25) is 0 Å². The molecule has 0 aliphatic carbocycles. The summed E-state index contributed by atoms with van der Waals surface area (Å²) < 4.78 is 10.6. The average molecular weight is 439 g/mol. The number of likely N-dealkylation sites (tertiary alicyclic amines) is 1. The first-order valence-electron chi connectivity index (χ1n) is 11.4. The highest BCUT2D eigenvalue weighted by atomic mass is 16.5. The molecule has 0 saturated carbocycles. The number of amides is 2. The molecule has 2 N–H and O–H groups in total. The van der Waals surface area contributed by atoms with Gasteiger partial charge in [-0.05, 0) is 56.0 Å². The molecule has 32 heavy (non-hydrogen) atoms. The lowest BCUT2D eigenvalue weighted by Gasteiger charge is -2.32. The van der Waals surface area contributed by atoms with Gasteiger partial charge in [0.05, 0.1) is 20.3 Å². The molecule has 2 aromatic carbocycles. The maximum absolute atomic E-state index is 12.7. The minimum absolute atomic E-state index is 0.167. The van der Waals surface area contributed by atoms with Crippen molar-refractivity contribution in [3.8, 4) is 11.5 Å². The van der Waals surface area contributed by atoms with Crippen LogP contribution in [0.5, 0.6) is 11.5 Å². The van der Waals surface area contributed by atoms with Gasteiger partial charge >= 0.3 is 6.03 Å². The van der Waals surface area contributed by atoms with Crippen LogP contribution in [0.3, 0.4) is 0 Å². The van der Waals surface area contributed by atoms with Crippen molar-refractivity contribution >= 4 is 17.4 Å². The lowest BCUT2D eigenvalue weighted by Crippen LogP contribution is -2.38. The van der Waals surface area contributed by atoms with Crippen LogP contribution in [-0.2, 0) is 6.42 Å². The number of benzene rings is 2. The molecule has 0 spiro atoms. The van der Waals surface area contributed by atoms with Crippen molar-refractivity contribution in [3.63, 3.8) is 0 Å². The monoisotopic (exact) mass is 438 g/mol. The van der Waals surface area contributed by atoms with E-state index in [4.69, 9.17) is 9.47 Å². The van der Waals surface area contributed by atoms with Crippen LogP contribution in [0.1, 0.15) is 36.4 Å². The fourth-order valence-corrected chi connectivity index (χ4v) is 4.77. The van der Waals surface area contributed by atoms with Crippen LogP contribution in [-0.4, -0.2) is 58.4 Å². The van der Waals surface area contributed by atoms with Crippen molar-refractivity contribution in [2.45, 2.75) is 31.7 Å². The highest BCUT2D eigenvalue weighted by Crippen LogP contribution is 2.32. The topological polar surface area (TPSA) is 66.1 Å². The second-order valence-electron chi connectivity index (χ2n) is 8.61. The number of nitrogens with one attached hydrogen (secondary N) is 2. The van der Waals surface area contributed by atoms with E-state index < -0.39 is 0 Å². The van der Waals surface area contributed by atoms with Gasteiger partial charge in [-0.1, -0.05) is 12.1 Å². The van der Waals surface area contributed by atoms with Crippen molar-refractivity contribution in [3.05, 3.63) is 47.5 Å². The van der Waals surface area contributed by atoms with E-state index in [1.54, 1.807) is 32.4 Å². The summed E-state index contributed by atoms with van der Waals surface area (Å²) in [5, 5.41) is 6.00. The van der Waals surface area contributed by atoms with Crippen LogP contribution in [0, 0.1) is 0 Å². The van der Waals surface area contributed by atoms with Gasteiger partial charge in [-0.25, -0.2) is 4.79 Å². The molecule has 0 unspecified atom stereocenters. The van der Waals surface area contributed by atoms with Crippen LogP contribution in [0.2, 0.25) is 0 Å². The Hall–Kier alpha value is -2.93. The maximum Gasteiger partial charge on any atom is 0.319 e. The molecular formula is C25H34N4O3. The Labute approximate surface area is 190 Å². The van der Waals surface area contributed by atoms with Crippen LogP contribution in [0.4, 0.5) is 16.2 Å². The number of anilines is 2. The van der Waals surface area contributed by atoms with E-state index in [0.29, 0.717) is 23.7 Å². The number of carbonyl (C=O) groups excluding carboxylic acids is 1. The summed E-state index contributed by atoms with van der Waals surface area (Å²) in [6, 6.07) is 12.1. The van der Waals surface area contributed by atoms with Gasteiger partial charge in [-0.3, -0.25) is 4.90 Å². The summed E-state index contributed by atoms with van der Waals surface area (Å²) in [4.78, 5) is 17.5. The number of nitrogens with zero attached hydrogens (tertiary/aromatic N) is 2. The summed E-state index contributed by atoms with van der Waals surface area (Å²) in [7, 11) is 5.35. The molecule has 1 saturated heterocycles. The Morgan fingerprint density at radius 1 is 1.00 bits per heavy atom.